The standard InChI is InChI=1S/C13H22N2O2/c1-10(14)8-15(2)9-11-7-12(16-3)5-6-13(11)17-4/h5-7,10H,8-9,14H2,1-4H3. The molecule has 1 aromatic carbocycles. The molecule has 0 spiro atoms. The Morgan fingerprint density at radius 2 is 2.00 bits per heavy atom. The van der Waals surface area contributed by atoms with Gasteiger partial charge in [0.15, 0.2) is 0 Å². The van der Waals surface area contributed by atoms with Crippen molar-refractivity contribution in [3.63, 3.8) is 0 Å². The highest BCUT2D eigenvalue weighted by molar-refractivity contribution is 5.40. The monoisotopic (exact) mass is 238 g/mol. The van der Waals surface area contributed by atoms with Gasteiger partial charge in [0.2, 0.25) is 0 Å². The maximum absolute atomic E-state index is 5.78. The van der Waals surface area contributed by atoms with Gasteiger partial charge in [-0.05, 0) is 32.2 Å². The van der Waals surface area contributed by atoms with Gasteiger partial charge in [-0.15, -0.1) is 0 Å². The summed E-state index contributed by atoms with van der Waals surface area (Å²) in [5.41, 5.74) is 6.88. The van der Waals surface area contributed by atoms with E-state index >= 15 is 0 Å². The predicted octanol–water partition coefficient (Wildman–Crippen LogP) is 1.48. The largest absolute Gasteiger partial charge is 0.497 e. The van der Waals surface area contributed by atoms with Gasteiger partial charge in [0.1, 0.15) is 11.5 Å². The molecule has 2 N–H and O–H groups in total. The van der Waals surface area contributed by atoms with Crippen LogP contribution in [0.1, 0.15) is 12.5 Å². The fraction of sp³-hybridized carbons (Fsp3) is 0.538. The molecule has 0 aromatic heterocycles. The number of nitrogens with zero attached hydrogens (tertiary/aromatic N) is 1. The van der Waals surface area contributed by atoms with Gasteiger partial charge in [0.05, 0.1) is 14.2 Å². The quantitative estimate of drug-likeness (QED) is 0.815. The molecule has 1 atom stereocenters. The van der Waals surface area contributed by atoms with Crippen molar-refractivity contribution in [1.82, 2.24) is 4.90 Å². The van der Waals surface area contributed by atoms with E-state index in [2.05, 4.69) is 4.90 Å². The van der Waals surface area contributed by atoms with Crippen molar-refractivity contribution in [3.05, 3.63) is 23.8 Å². The summed E-state index contributed by atoms with van der Waals surface area (Å²) in [5.74, 6) is 1.72. The molecule has 0 radical (unpaired) electrons. The zero-order valence-electron chi connectivity index (χ0n) is 11.1. The van der Waals surface area contributed by atoms with Crippen LogP contribution in [0.3, 0.4) is 0 Å². The van der Waals surface area contributed by atoms with Crippen LogP contribution in [0, 0.1) is 0 Å². The third kappa shape index (κ3) is 4.24. The van der Waals surface area contributed by atoms with Crippen molar-refractivity contribution >= 4 is 0 Å². The van der Waals surface area contributed by atoms with Crippen LogP contribution in [0.5, 0.6) is 11.5 Å². The van der Waals surface area contributed by atoms with E-state index in [1.54, 1.807) is 14.2 Å². The van der Waals surface area contributed by atoms with Crippen molar-refractivity contribution < 1.29 is 9.47 Å². The average molecular weight is 238 g/mol. The summed E-state index contributed by atoms with van der Waals surface area (Å²) in [7, 11) is 5.39. The lowest BCUT2D eigenvalue weighted by atomic mass is 10.1. The van der Waals surface area contributed by atoms with Crippen LogP contribution in [0.25, 0.3) is 0 Å². The van der Waals surface area contributed by atoms with E-state index in [0.717, 1.165) is 30.2 Å². The predicted molar refractivity (Wildman–Crippen MR) is 69.5 cm³/mol. The summed E-state index contributed by atoms with van der Waals surface area (Å²) in [4.78, 5) is 2.17. The Morgan fingerprint density at radius 1 is 1.29 bits per heavy atom. The van der Waals surface area contributed by atoms with Crippen molar-refractivity contribution in [1.29, 1.82) is 0 Å². The molecule has 0 saturated carbocycles. The first-order valence-electron chi connectivity index (χ1n) is 5.71. The van der Waals surface area contributed by atoms with Crippen LogP contribution < -0.4 is 15.2 Å². The van der Waals surface area contributed by atoms with Gasteiger partial charge in [-0.2, -0.15) is 0 Å². The normalized spacial score (nSPS) is 12.6. The van der Waals surface area contributed by atoms with Gasteiger partial charge < -0.3 is 20.1 Å². The first-order valence-corrected chi connectivity index (χ1v) is 5.71. The van der Waals surface area contributed by atoms with Crippen LogP contribution in [0.15, 0.2) is 18.2 Å². The third-order valence-electron chi connectivity index (χ3n) is 2.53. The molecule has 0 amide bonds. The number of ether oxygens (including phenoxy) is 2. The maximum Gasteiger partial charge on any atom is 0.123 e. The Morgan fingerprint density at radius 3 is 2.53 bits per heavy atom. The molecule has 4 nitrogen and oxygen atoms in total. The lowest BCUT2D eigenvalue weighted by molar-refractivity contribution is 0.301. The minimum Gasteiger partial charge on any atom is -0.497 e. The zero-order valence-corrected chi connectivity index (χ0v) is 11.1. The van der Waals surface area contributed by atoms with E-state index in [4.69, 9.17) is 15.2 Å². The van der Waals surface area contributed by atoms with E-state index in [0.29, 0.717) is 0 Å². The topological polar surface area (TPSA) is 47.7 Å². The molecule has 0 fully saturated rings. The maximum atomic E-state index is 5.78. The van der Waals surface area contributed by atoms with Crippen LogP contribution in [-0.2, 0) is 6.54 Å². The fourth-order valence-electron chi connectivity index (χ4n) is 1.85. The van der Waals surface area contributed by atoms with Gasteiger partial charge in [-0.25, -0.2) is 0 Å². The van der Waals surface area contributed by atoms with Gasteiger partial charge in [0.25, 0.3) is 0 Å². The molecule has 0 bridgehead atoms. The van der Waals surface area contributed by atoms with Gasteiger partial charge >= 0.3 is 0 Å². The summed E-state index contributed by atoms with van der Waals surface area (Å²) in [5, 5.41) is 0. The number of rotatable bonds is 6. The second kappa shape index (κ2) is 6.47. The van der Waals surface area contributed by atoms with E-state index < -0.39 is 0 Å². The fourth-order valence-corrected chi connectivity index (χ4v) is 1.85. The summed E-state index contributed by atoms with van der Waals surface area (Å²) in [6.45, 7) is 3.64. The lowest BCUT2D eigenvalue weighted by Gasteiger charge is -2.20. The molecule has 0 aliphatic heterocycles. The minimum absolute atomic E-state index is 0.164. The second-order valence-electron chi connectivity index (χ2n) is 4.35. The van der Waals surface area contributed by atoms with Crippen molar-refractivity contribution in [2.24, 2.45) is 5.73 Å². The molecular formula is C13H22N2O2. The highest BCUT2D eigenvalue weighted by Gasteiger charge is 2.09. The molecule has 0 aliphatic rings. The Bertz CT molecular complexity index is 353. The molecule has 4 heteroatoms. The van der Waals surface area contributed by atoms with Crippen molar-refractivity contribution in [2.45, 2.75) is 19.5 Å². The number of nitrogens with two attached hydrogens (primary N) is 1. The molecule has 1 unspecified atom stereocenters. The van der Waals surface area contributed by atoms with Gasteiger partial charge in [0, 0.05) is 24.7 Å². The minimum atomic E-state index is 0.164. The third-order valence-corrected chi connectivity index (χ3v) is 2.53. The molecular weight excluding hydrogens is 216 g/mol. The van der Waals surface area contributed by atoms with Crippen LogP contribution in [-0.4, -0.2) is 38.8 Å². The van der Waals surface area contributed by atoms with Crippen molar-refractivity contribution in [3.8, 4) is 11.5 Å². The Hall–Kier alpha value is -1.26. The summed E-state index contributed by atoms with van der Waals surface area (Å²) >= 11 is 0. The first-order chi connectivity index (χ1) is 8.06. The average Bonchev–Trinajstić information content (AvgIpc) is 2.27. The Balaban J connectivity index is 2.80. The summed E-state index contributed by atoms with van der Waals surface area (Å²) in [6, 6.07) is 5.98. The van der Waals surface area contributed by atoms with Crippen molar-refractivity contribution in [2.75, 3.05) is 27.8 Å². The molecule has 17 heavy (non-hydrogen) atoms. The van der Waals surface area contributed by atoms with E-state index in [9.17, 15) is 0 Å². The molecule has 96 valence electrons. The number of hydrogen-bond donors (Lipinski definition) is 1. The van der Waals surface area contributed by atoms with E-state index in [1.165, 1.54) is 0 Å². The number of methoxy groups -OCH3 is 2. The highest BCUT2D eigenvalue weighted by Crippen LogP contribution is 2.24. The smallest absolute Gasteiger partial charge is 0.123 e. The molecule has 1 aromatic rings. The second-order valence-corrected chi connectivity index (χ2v) is 4.35. The van der Waals surface area contributed by atoms with Gasteiger partial charge in [-0.3, -0.25) is 0 Å². The molecule has 0 aliphatic carbocycles. The van der Waals surface area contributed by atoms with E-state index in [1.807, 2.05) is 32.2 Å². The number of likely N-dealkylation sites (N-methyl/N-ethyl adjacent to an activating group) is 1. The number of hydrogen-bond acceptors (Lipinski definition) is 4. The highest BCUT2D eigenvalue weighted by atomic mass is 16.5. The van der Waals surface area contributed by atoms with E-state index in [-0.39, 0.29) is 6.04 Å². The molecule has 1 rings (SSSR count). The SMILES string of the molecule is COc1ccc(OC)c(CN(C)CC(C)N)c1. The van der Waals surface area contributed by atoms with Crippen LogP contribution in [0.2, 0.25) is 0 Å². The summed E-state index contributed by atoms with van der Waals surface area (Å²) < 4.78 is 10.6. The zero-order chi connectivity index (χ0) is 12.8. The lowest BCUT2D eigenvalue weighted by Crippen LogP contribution is -2.32. The molecule has 0 saturated heterocycles. The first kappa shape index (κ1) is 13.8. The molecule has 0 heterocycles. The summed E-state index contributed by atoms with van der Waals surface area (Å²) in [6.07, 6.45) is 0. The Labute approximate surface area is 103 Å². The number of benzene rings is 1. The van der Waals surface area contributed by atoms with Gasteiger partial charge in [-0.1, -0.05) is 0 Å². The Kier molecular flexibility index (Phi) is 5.25. The van der Waals surface area contributed by atoms with Crippen LogP contribution in [0.4, 0.5) is 0 Å². The van der Waals surface area contributed by atoms with Crippen LogP contribution >= 0.6 is 0 Å².